The predicted octanol–water partition coefficient (Wildman–Crippen LogP) is -0.706. The van der Waals surface area contributed by atoms with Gasteiger partial charge in [-0.25, -0.2) is 4.79 Å². The maximum absolute atomic E-state index is 11.0. The fourth-order valence-electron chi connectivity index (χ4n) is 0.900. The molecule has 68 valence electrons. The van der Waals surface area contributed by atoms with Gasteiger partial charge >= 0.3 is 6.03 Å². The van der Waals surface area contributed by atoms with Crippen molar-refractivity contribution in [1.29, 1.82) is 0 Å². The van der Waals surface area contributed by atoms with Crippen LogP contribution < -0.4 is 5.32 Å². The highest BCUT2D eigenvalue weighted by Gasteiger charge is 2.29. The summed E-state index contributed by atoms with van der Waals surface area (Å²) in [6.07, 6.45) is -0.696. The lowest BCUT2D eigenvalue weighted by Gasteiger charge is -2.14. The fourth-order valence-corrected chi connectivity index (χ4v) is 1.10. The number of amides is 3. The zero-order chi connectivity index (χ0) is 9.14. The van der Waals surface area contributed by atoms with Gasteiger partial charge in [0.2, 0.25) is 5.91 Å². The third-order valence-electron chi connectivity index (χ3n) is 1.51. The average molecular weight is 237 g/mol. The van der Waals surface area contributed by atoms with E-state index in [4.69, 9.17) is 5.11 Å². The average Bonchev–Trinajstić information content (AvgIpc) is 2.35. The van der Waals surface area contributed by atoms with Crippen molar-refractivity contribution in [2.24, 2.45) is 0 Å². The van der Waals surface area contributed by atoms with E-state index in [0.29, 0.717) is 5.33 Å². The van der Waals surface area contributed by atoms with E-state index in [1.807, 2.05) is 0 Å². The van der Waals surface area contributed by atoms with Gasteiger partial charge in [0, 0.05) is 5.33 Å². The number of rotatable bonds is 3. The Bertz CT molecular complexity index is 193. The summed E-state index contributed by atoms with van der Waals surface area (Å²) in [5.41, 5.74) is 0. The van der Waals surface area contributed by atoms with Gasteiger partial charge in [-0.2, -0.15) is 0 Å². The van der Waals surface area contributed by atoms with E-state index in [-0.39, 0.29) is 19.0 Å². The lowest BCUT2D eigenvalue weighted by molar-refractivity contribution is -0.125. The molecule has 0 aromatic rings. The highest BCUT2D eigenvalue weighted by atomic mass is 79.9. The van der Waals surface area contributed by atoms with Crippen LogP contribution in [-0.2, 0) is 4.79 Å². The van der Waals surface area contributed by atoms with Crippen molar-refractivity contribution in [2.45, 2.75) is 6.10 Å². The standard InChI is InChI=1S/C6H9BrN2O3/c7-1-4(10)3-9-5(11)2-8-6(9)12/h4,10H,1-3H2,(H,8,12). The van der Waals surface area contributed by atoms with Gasteiger partial charge in [0.05, 0.1) is 19.2 Å². The molecule has 0 aromatic heterocycles. The Morgan fingerprint density at radius 1 is 1.67 bits per heavy atom. The Balaban J connectivity index is 2.50. The second kappa shape index (κ2) is 3.86. The number of imide groups is 1. The van der Waals surface area contributed by atoms with Gasteiger partial charge in [0.15, 0.2) is 0 Å². The lowest BCUT2D eigenvalue weighted by Crippen LogP contribution is -2.38. The van der Waals surface area contributed by atoms with Crippen LogP contribution in [0.1, 0.15) is 0 Å². The summed E-state index contributed by atoms with van der Waals surface area (Å²) in [4.78, 5) is 22.9. The van der Waals surface area contributed by atoms with Crippen LogP contribution in [0.2, 0.25) is 0 Å². The van der Waals surface area contributed by atoms with E-state index < -0.39 is 12.1 Å². The van der Waals surface area contributed by atoms with E-state index in [1.165, 1.54) is 0 Å². The number of carbonyl (C=O) groups excluding carboxylic acids is 2. The topological polar surface area (TPSA) is 69.6 Å². The second-order valence-corrected chi connectivity index (χ2v) is 3.12. The van der Waals surface area contributed by atoms with Crippen LogP contribution in [0, 0.1) is 0 Å². The number of β-amino-alcohol motifs (C(OH)–C–C–N with tert-alkyl or cyclic N) is 1. The molecule has 12 heavy (non-hydrogen) atoms. The molecule has 1 atom stereocenters. The minimum absolute atomic E-state index is 0.0356. The number of aliphatic hydroxyl groups excluding tert-OH is 1. The molecule has 6 heteroatoms. The van der Waals surface area contributed by atoms with Gasteiger partial charge in [0.1, 0.15) is 0 Å². The summed E-state index contributed by atoms with van der Waals surface area (Å²) in [6, 6.07) is -0.431. The van der Waals surface area contributed by atoms with Crippen molar-refractivity contribution in [3.05, 3.63) is 0 Å². The van der Waals surface area contributed by atoms with Crippen molar-refractivity contribution in [3.63, 3.8) is 0 Å². The third-order valence-corrected chi connectivity index (χ3v) is 2.26. The number of nitrogens with zero attached hydrogens (tertiary/aromatic N) is 1. The minimum Gasteiger partial charge on any atom is -0.390 e. The summed E-state index contributed by atoms with van der Waals surface area (Å²) in [6.45, 7) is 0.0871. The van der Waals surface area contributed by atoms with Crippen LogP contribution in [0.5, 0.6) is 0 Å². The Morgan fingerprint density at radius 3 is 2.75 bits per heavy atom. The number of nitrogens with one attached hydrogen (secondary N) is 1. The molecule has 0 saturated carbocycles. The quantitative estimate of drug-likeness (QED) is 0.503. The highest BCUT2D eigenvalue weighted by Crippen LogP contribution is 2.01. The van der Waals surface area contributed by atoms with Crippen LogP contribution in [0.3, 0.4) is 0 Å². The number of aliphatic hydroxyl groups is 1. The first kappa shape index (κ1) is 9.47. The molecule has 1 unspecified atom stereocenters. The first-order chi connectivity index (χ1) is 5.65. The number of alkyl halides is 1. The van der Waals surface area contributed by atoms with Crippen molar-refractivity contribution >= 4 is 27.9 Å². The van der Waals surface area contributed by atoms with E-state index >= 15 is 0 Å². The Morgan fingerprint density at radius 2 is 2.33 bits per heavy atom. The number of halogens is 1. The van der Waals surface area contributed by atoms with Crippen molar-refractivity contribution in [3.8, 4) is 0 Å². The Kier molecular flexibility index (Phi) is 3.05. The van der Waals surface area contributed by atoms with Crippen LogP contribution in [0.4, 0.5) is 4.79 Å². The molecule has 1 aliphatic heterocycles. The molecule has 0 aliphatic carbocycles. The molecule has 2 N–H and O–H groups in total. The fraction of sp³-hybridized carbons (Fsp3) is 0.667. The van der Waals surface area contributed by atoms with Crippen LogP contribution in [0.15, 0.2) is 0 Å². The maximum Gasteiger partial charge on any atom is 0.324 e. The molecule has 1 rings (SSSR count). The van der Waals surface area contributed by atoms with Crippen LogP contribution >= 0.6 is 15.9 Å². The Hall–Kier alpha value is -0.620. The monoisotopic (exact) mass is 236 g/mol. The largest absolute Gasteiger partial charge is 0.390 e. The summed E-state index contributed by atoms with van der Waals surface area (Å²) < 4.78 is 0. The van der Waals surface area contributed by atoms with Crippen molar-refractivity contribution in [2.75, 3.05) is 18.4 Å². The molecular formula is C6H9BrN2O3. The summed E-state index contributed by atoms with van der Waals surface area (Å²) in [5.74, 6) is -0.292. The van der Waals surface area contributed by atoms with Crippen LogP contribution in [0.25, 0.3) is 0 Å². The third kappa shape index (κ3) is 1.95. The van der Waals surface area contributed by atoms with Gasteiger partial charge in [-0.3, -0.25) is 9.69 Å². The second-order valence-electron chi connectivity index (χ2n) is 2.47. The van der Waals surface area contributed by atoms with E-state index in [1.54, 1.807) is 0 Å². The molecule has 5 nitrogen and oxygen atoms in total. The van der Waals surface area contributed by atoms with Gasteiger partial charge in [-0.15, -0.1) is 0 Å². The molecule has 0 radical (unpaired) electrons. The molecular weight excluding hydrogens is 228 g/mol. The molecule has 0 aromatic carbocycles. The minimum atomic E-state index is -0.696. The van der Waals surface area contributed by atoms with E-state index in [9.17, 15) is 9.59 Å². The Labute approximate surface area is 77.9 Å². The molecule has 1 fully saturated rings. The van der Waals surface area contributed by atoms with Crippen LogP contribution in [-0.4, -0.2) is 46.5 Å². The summed E-state index contributed by atoms with van der Waals surface area (Å²) in [7, 11) is 0. The SMILES string of the molecule is O=C1CNC(=O)N1CC(O)CBr. The number of urea groups is 1. The molecule has 0 bridgehead atoms. The molecule has 1 saturated heterocycles. The summed E-state index contributed by atoms with van der Waals surface area (Å²) >= 11 is 3.04. The smallest absolute Gasteiger partial charge is 0.324 e. The maximum atomic E-state index is 11.0. The lowest BCUT2D eigenvalue weighted by atomic mass is 10.4. The van der Waals surface area contributed by atoms with E-state index in [2.05, 4.69) is 21.2 Å². The first-order valence-electron chi connectivity index (χ1n) is 3.47. The van der Waals surface area contributed by atoms with E-state index in [0.717, 1.165) is 4.90 Å². The highest BCUT2D eigenvalue weighted by molar-refractivity contribution is 9.09. The molecule has 1 aliphatic rings. The molecule has 0 spiro atoms. The predicted molar refractivity (Wildman–Crippen MR) is 44.9 cm³/mol. The van der Waals surface area contributed by atoms with Gasteiger partial charge in [-0.1, -0.05) is 15.9 Å². The first-order valence-corrected chi connectivity index (χ1v) is 4.59. The number of carbonyl (C=O) groups is 2. The van der Waals surface area contributed by atoms with Crippen molar-refractivity contribution in [1.82, 2.24) is 10.2 Å². The zero-order valence-corrected chi connectivity index (χ0v) is 7.87. The summed E-state index contributed by atoms with van der Waals surface area (Å²) in [5, 5.41) is 11.8. The number of hydrogen-bond donors (Lipinski definition) is 2. The zero-order valence-electron chi connectivity index (χ0n) is 6.29. The van der Waals surface area contributed by atoms with Crippen molar-refractivity contribution < 1.29 is 14.7 Å². The molecule has 3 amide bonds. The van der Waals surface area contributed by atoms with Gasteiger partial charge in [-0.05, 0) is 0 Å². The van der Waals surface area contributed by atoms with Gasteiger partial charge in [0.25, 0.3) is 0 Å². The normalized spacial score (nSPS) is 19.7. The molecule has 1 heterocycles. The number of hydrogen-bond acceptors (Lipinski definition) is 3. The van der Waals surface area contributed by atoms with Gasteiger partial charge < -0.3 is 10.4 Å².